The van der Waals surface area contributed by atoms with Gasteiger partial charge in [0.15, 0.2) is 5.38 Å². The number of para-hydroxylation sites is 1. The van der Waals surface area contributed by atoms with E-state index >= 15 is 0 Å². The number of carbonyl (C=O) groups excluding carboxylic acids is 1. The number of fused-ring (bicyclic) bond motifs is 1. The number of sulfonamides is 2. The molecule has 0 fully saturated rings. The number of anilines is 1. The largest absolute Gasteiger partial charge is 0.324 e. The first-order valence-corrected chi connectivity index (χ1v) is 12.9. The normalized spacial score (nSPS) is 16.3. The Morgan fingerprint density at radius 1 is 1.22 bits per heavy atom. The third-order valence-corrected chi connectivity index (χ3v) is 9.03. The van der Waals surface area contributed by atoms with Crippen molar-refractivity contribution in [1.29, 1.82) is 0 Å². The van der Waals surface area contributed by atoms with Crippen molar-refractivity contribution in [2.45, 2.75) is 29.0 Å². The van der Waals surface area contributed by atoms with Crippen molar-refractivity contribution >= 4 is 54.8 Å². The molecule has 1 aliphatic rings. The molecule has 0 aliphatic carbocycles. The van der Waals surface area contributed by atoms with E-state index in [1.807, 2.05) is 0 Å². The fourth-order valence-corrected chi connectivity index (χ4v) is 6.03. The van der Waals surface area contributed by atoms with Gasteiger partial charge in [0.25, 0.3) is 10.0 Å². The van der Waals surface area contributed by atoms with Crippen LogP contribution in [0.1, 0.15) is 12.5 Å². The van der Waals surface area contributed by atoms with Crippen LogP contribution in [0.2, 0.25) is 0 Å². The zero-order valence-corrected chi connectivity index (χ0v) is 20.3. The van der Waals surface area contributed by atoms with Crippen molar-refractivity contribution < 1.29 is 21.6 Å². The van der Waals surface area contributed by atoms with Crippen LogP contribution in [0.3, 0.4) is 0 Å². The lowest BCUT2D eigenvalue weighted by Gasteiger charge is -2.30. The third-order valence-electron chi connectivity index (χ3n) is 4.90. The maximum atomic E-state index is 13.0. The van der Waals surface area contributed by atoms with Gasteiger partial charge >= 0.3 is 0 Å². The Labute approximate surface area is 192 Å². The minimum atomic E-state index is -3.91. The highest BCUT2D eigenvalue weighted by Crippen LogP contribution is 2.33. The summed E-state index contributed by atoms with van der Waals surface area (Å²) in [5.41, 5.74) is 1.06. The number of nitrogens with one attached hydrogen (secondary N) is 1. The molecule has 172 valence electrons. The Balaban J connectivity index is 1.92. The smallest absolute Gasteiger partial charge is 0.267 e. The van der Waals surface area contributed by atoms with Gasteiger partial charge in [-0.2, -0.15) is 0 Å². The van der Waals surface area contributed by atoms with Crippen molar-refractivity contribution in [3.8, 4) is 0 Å². The van der Waals surface area contributed by atoms with E-state index in [0.29, 0.717) is 11.3 Å². The number of nitrogens with zero attached hydrogens (tertiary/aromatic N) is 3. The number of alkyl halides is 1. The molecule has 2 aromatic rings. The lowest BCUT2D eigenvalue weighted by Crippen LogP contribution is -2.46. The molecule has 32 heavy (non-hydrogen) atoms. The van der Waals surface area contributed by atoms with Gasteiger partial charge < -0.3 is 5.32 Å². The van der Waals surface area contributed by atoms with Gasteiger partial charge in [-0.3, -0.25) is 9.10 Å². The first-order chi connectivity index (χ1) is 14.9. The standard InChI is InChI=1S/C20H23ClN4O5S2/c1-5-25-19(22-16-8-6-7-9-17(16)32(25,29)30)18(21)20(26)23-15-11-10-14(12-13(15)2)31(27,28)24(3)4/h6-12,18H,5H2,1-4H3,(H,23,26). The van der Waals surface area contributed by atoms with Crippen LogP contribution in [0, 0.1) is 6.92 Å². The zero-order chi connectivity index (χ0) is 23.8. The lowest BCUT2D eigenvalue weighted by molar-refractivity contribution is -0.114. The molecule has 1 N–H and O–H groups in total. The van der Waals surface area contributed by atoms with Gasteiger partial charge in [-0.25, -0.2) is 26.1 Å². The summed E-state index contributed by atoms with van der Waals surface area (Å²) < 4.78 is 52.6. The fourth-order valence-electron chi connectivity index (χ4n) is 3.16. The molecular weight excluding hydrogens is 476 g/mol. The topological polar surface area (TPSA) is 116 Å². The summed E-state index contributed by atoms with van der Waals surface area (Å²) >= 11 is 6.37. The van der Waals surface area contributed by atoms with E-state index in [0.717, 1.165) is 8.61 Å². The molecule has 12 heteroatoms. The predicted molar refractivity (Wildman–Crippen MR) is 123 cm³/mol. The van der Waals surface area contributed by atoms with Gasteiger partial charge in [-0.05, 0) is 49.7 Å². The molecule has 9 nitrogen and oxygen atoms in total. The quantitative estimate of drug-likeness (QED) is 0.614. The number of amides is 1. The van der Waals surface area contributed by atoms with E-state index in [1.54, 1.807) is 26.0 Å². The molecule has 0 spiro atoms. The van der Waals surface area contributed by atoms with E-state index < -0.39 is 31.3 Å². The van der Waals surface area contributed by atoms with Gasteiger partial charge in [-0.1, -0.05) is 12.1 Å². The zero-order valence-electron chi connectivity index (χ0n) is 17.9. The Bertz CT molecular complexity index is 1310. The van der Waals surface area contributed by atoms with E-state index in [-0.39, 0.29) is 27.9 Å². The molecule has 0 radical (unpaired) electrons. The first-order valence-electron chi connectivity index (χ1n) is 9.59. The van der Waals surface area contributed by atoms with Gasteiger partial charge in [0.05, 0.1) is 10.6 Å². The van der Waals surface area contributed by atoms with Crippen molar-refractivity contribution in [2.24, 2.45) is 4.99 Å². The van der Waals surface area contributed by atoms with Crippen LogP contribution < -0.4 is 5.32 Å². The van der Waals surface area contributed by atoms with Gasteiger partial charge in [0.2, 0.25) is 15.9 Å². The van der Waals surface area contributed by atoms with E-state index in [4.69, 9.17) is 11.6 Å². The second-order valence-corrected chi connectivity index (χ2v) is 11.6. The monoisotopic (exact) mass is 498 g/mol. The summed E-state index contributed by atoms with van der Waals surface area (Å²) in [6.45, 7) is 3.31. The molecule has 0 aromatic heterocycles. The second-order valence-electron chi connectivity index (χ2n) is 7.22. The van der Waals surface area contributed by atoms with E-state index in [1.165, 1.54) is 44.4 Å². The molecule has 2 aromatic carbocycles. The Morgan fingerprint density at radius 2 is 1.88 bits per heavy atom. The molecule has 1 amide bonds. The van der Waals surface area contributed by atoms with Crippen molar-refractivity contribution in [3.63, 3.8) is 0 Å². The van der Waals surface area contributed by atoms with Crippen LogP contribution in [0.4, 0.5) is 11.4 Å². The molecule has 0 saturated heterocycles. The number of aryl methyl sites for hydroxylation is 1. The second kappa shape index (κ2) is 8.81. The highest BCUT2D eigenvalue weighted by molar-refractivity contribution is 7.90. The minimum Gasteiger partial charge on any atom is -0.324 e. The van der Waals surface area contributed by atoms with Crippen molar-refractivity contribution in [1.82, 2.24) is 8.61 Å². The van der Waals surface area contributed by atoms with E-state index in [9.17, 15) is 21.6 Å². The molecular formula is C20H23ClN4O5S2. The number of hydrogen-bond donors (Lipinski definition) is 1. The number of aliphatic imine (C=N–C) groups is 1. The number of benzene rings is 2. The predicted octanol–water partition coefficient (Wildman–Crippen LogP) is 2.55. The summed E-state index contributed by atoms with van der Waals surface area (Å²) in [7, 11) is -4.68. The molecule has 3 rings (SSSR count). The number of rotatable bonds is 6. The van der Waals surface area contributed by atoms with Crippen LogP contribution in [-0.2, 0) is 24.8 Å². The third kappa shape index (κ3) is 4.25. The molecule has 1 heterocycles. The fraction of sp³-hybridized carbons (Fsp3) is 0.300. The van der Waals surface area contributed by atoms with Crippen LogP contribution in [0.25, 0.3) is 0 Å². The average molecular weight is 499 g/mol. The molecule has 0 bridgehead atoms. The SMILES string of the molecule is CCN1C(C(Cl)C(=O)Nc2ccc(S(=O)(=O)N(C)C)cc2C)=Nc2ccccc2S1(=O)=O. The maximum absolute atomic E-state index is 13.0. The Morgan fingerprint density at radius 3 is 2.47 bits per heavy atom. The molecule has 0 saturated carbocycles. The maximum Gasteiger partial charge on any atom is 0.267 e. The minimum absolute atomic E-state index is 0.0438. The summed E-state index contributed by atoms with van der Waals surface area (Å²) in [6.07, 6.45) is 0. The number of hydrogen-bond acceptors (Lipinski definition) is 6. The van der Waals surface area contributed by atoms with Crippen LogP contribution >= 0.6 is 11.6 Å². The first kappa shape index (κ1) is 24.2. The summed E-state index contributed by atoms with van der Waals surface area (Å²) in [5.74, 6) is -0.792. The van der Waals surface area contributed by atoms with Gasteiger partial charge in [-0.15, -0.1) is 11.6 Å². The van der Waals surface area contributed by atoms with Crippen LogP contribution in [0.15, 0.2) is 57.2 Å². The number of carbonyl (C=O) groups is 1. The number of halogens is 1. The van der Waals surface area contributed by atoms with Gasteiger partial charge in [0.1, 0.15) is 10.7 Å². The van der Waals surface area contributed by atoms with Crippen molar-refractivity contribution in [3.05, 3.63) is 48.0 Å². The molecule has 1 aliphatic heterocycles. The summed E-state index contributed by atoms with van der Waals surface area (Å²) in [4.78, 5) is 17.3. The van der Waals surface area contributed by atoms with Crippen LogP contribution in [0.5, 0.6) is 0 Å². The Hall–Kier alpha value is -2.47. The number of amidine groups is 1. The molecule has 1 unspecified atom stereocenters. The highest BCUT2D eigenvalue weighted by atomic mass is 35.5. The molecule has 1 atom stereocenters. The Kier molecular flexibility index (Phi) is 6.66. The van der Waals surface area contributed by atoms with E-state index in [2.05, 4.69) is 10.3 Å². The van der Waals surface area contributed by atoms with Gasteiger partial charge in [0, 0.05) is 26.3 Å². The van der Waals surface area contributed by atoms with Crippen molar-refractivity contribution in [2.75, 3.05) is 26.0 Å². The summed E-state index contributed by atoms with van der Waals surface area (Å²) in [5, 5.41) is 1.23. The van der Waals surface area contributed by atoms with Crippen LogP contribution in [-0.4, -0.2) is 63.2 Å². The average Bonchev–Trinajstić information content (AvgIpc) is 2.73. The lowest BCUT2D eigenvalue weighted by atomic mass is 10.2. The highest BCUT2D eigenvalue weighted by Gasteiger charge is 2.38. The summed E-state index contributed by atoms with van der Waals surface area (Å²) in [6, 6.07) is 10.5.